The summed E-state index contributed by atoms with van der Waals surface area (Å²) in [7, 11) is 0. The minimum atomic E-state index is 0.449. The van der Waals surface area contributed by atoms with Gasteiger partial charge in [0.05, 0.1) is 12.2 Å². The molecule has 0 spiro atoms. The van der Waals surface area contributed by atoms with E-state index in [2.05, 4.69) is 57.4 Å². The Morgan fingerprint density at radius 1 is 1.03 bits per heavy atom. The van der Waals surface area contributed by atoms with Gasteiger partial charge in [-0.15, -0.1) is 0 Å². The fourth-order valence-corrected chi connectivity index (χ4v) is 4.46. The van der Waals surface area contributed by atoms with Crippen LogP contribution in [-0.2, 0) is 13.1 Å². The van der Waals surface area contributed by atoms with Crippen LogP contribution >= 0.6 is 0 Å². The number of benzene rings is 2. The Morgan fingerprint density at radius 2 is 1.87 bits per heavy atom. The van der Waals surface area contributed by atoms with Crippen LogP contribution in [0.2, 0.25) is 0 Å². The number of hydrogen-bond donors (Lipinski definition) is 0. The maximum absolute atomic E-state index is 6.07. The average Bonchev–Trinajstić information content (AvgIpc) is 3.42. The summed E-state index contributed by atoms with van der Waals surface area (Å²) in [6.45, 7) is 8.75. The highest BCUT2D eigenvalue weighted by Crippen LogP contribution is 2.28. The van der Waals surface area contributed by atoms with E-state index in [-0.39, 0.29) is 0 Å². The molecular weight excluding hydrogens is 374 g/mol. The predicted octanol–water partition coefficient (Wildman–Crippen LogP) is 4.68. The van der Waals surface area contributed by atoms with Gasteiger partial charge in [-0.1, -0.05) is 30.3 Å². The van der Waals surface area contributed by atoms with Crippen LogP contribution in [0.3, 0.4) is 0 Å². The lowest BCUT2D eigenvalue weighted by Gasteiger charge is -2.23. The fourth-order valence-electron chi connectivity index (χ4n) is 4.46. The monoisotopic (exact) mass is 401 g/mol. The SMILES string of the molecule is Cc1nc(C)n(C[C@@H]2CCCN2Cc2nc(-c3ccc4ccccc4c3)oc2C)n1. The number of rotatable bonds is 5. The van der Waals surface area contributed by atoms with Gasteiger partial charge in [-0.3, -0.25) is 4.90 Å². The molecule has 5 rings (SSSR count). The Labute approximate surface area is 176 Å². The van der Waals surface area contributed by atoms with E-state index in [1.807, 2.05) is 25.5 Å². The van der Waals surface area contributed by atoms with Gasteiger partial charge in [-0.2, -0.15) is 5.10 Å². The van der Waals surface area contributed by atoms with E-state index in [9.17, 15) is 0 Å². The van der Waals surface area contributed by atoms with E-state index >= 15 is 0 Å². The first-order chi connectivity index (χ1) is 14.6. The van der Waals surface area contributed by atoms with Gasteiger partial charge >= 0.3 is 0 Å². The van der Waals surface area contributed by atoms with Crippen LogP contribution in [0.4, 0.5) is 0 Å². The fraction of sp³-hybridized carbons (Fsp3) is 0.375. The molecule has 2 aromatic carbocycles. The lowest BCUT2D eigenvalue weighted by atomic mass is 10.1. The van der Waals surface area contributed by atoms with Crippen molar-refractivity contribution in [2.24, 2.45) is 0 Å². The third-order valence-corrected chi connectivity index (χ3v) is 6.09. The summed E-state index contributed by atoms with van der Waals surface area (Å²) in [5.74, 6) is 3.42. The number of hydrogen-bond acceptors (Lipinski definition) is 5. The molecule has 1 aliphatic rings. The van der Waals surface area contributed by atoms with Gasteiger partial charge in [0.1, 0.15) is 17.4 Å². The summed E-state index contributed by atoms with van der Waals surface area (Å²) in [5, 5.41) is 6.97. The lowest BCUT2D eigenvalue weighted by molar-refractivity contribution is 0.215. The van der Waals surface area contributed by atoms with Gasteiger partial charge in [0.15, 0.2) is 0 Å². The highest BCUT2D eigenvalue weighted by molar-refractivity contribution is 5.86. The van der Waals surface area contributed by atoms with Crippen molar-refractivity contribution in [2.75, 3.05) is 6.54 Å². The Kier molecular flexibility index (Phi) is 4.87. The number of nitrogens with zero attached hydrogens (tertiary/aromatic N) is 5. The number of likely N-dealkylation sites (tertiary alicyclic amines) is 1. The second-order valence-corrected chi connectivity index (χ2v) is 8.24. The maximum Gasteiger partial charge on any atom is 0.226 e. The molecule has 1 atom stereocenters. The Hall–Kier alpha value is -2.99. The van der Waals surface area contributed by atoms with Crippen LogP contribution in [0, 0.1) is 20.8 Å². The first-order valence-corrected chi connectivity index (χ1v) is 10.6. The number of aryl methyl sites for hydroxylation is 3. The molecule has 2 aromatic heterocycles. The summed E-state index contributed by atoms with van der Waals surface area (Å²) < 4.78 is 8.11. The molecule has 0 aliphatic carbocycles. The molecule has 0 bridgehead atoms. The first-order valence-electron chi connectivity index (χ1n) is 10.6. The van der Waals surface area contributed by atoms with Crippen molar-refractivity contribution in [2.45, 2.75) is 52.7 Å². The molecule has 0 saturated carbocycles. The minimum Gasteiger partial charge on any atom is -0.441 e. The summed E-state index contributed by atoms with van der Waals surface area (Å²) in [5.41, 5.74) is 2.05. The van der Waals surface area contributed by atoms with Crippen molar-refractivity contribution in [3.8, 4) is 11.5 Å². The molecule has 6 heteroatoms. The normalized spacial score (nSPS) is 17.2. The number of oxazole rings is 1. The summed E-state index contributed by atoms with van der Waals surface area (Å²) in [6.07, 6.45) is 2.37. The van der Waals surface area contributed by atoms with E-state index in [4.69, 9.17) is 9.40 Å². The number of fused-ring (bicyclic) bond motifs is 1. The van der Waals surface area contributed by atoms with E-state index in [0.717, 1.165) is 48.3 Å². The molecular formula is C24H27N5O. The van der Waals surface area contributed by atoms with E-state index in [1.165, 1.54) is 23.6 Å². The Balaban J connectivity index is 1.35. The molecule has 6 nitrogen and oxygen atoms in total. The van der Waals surface area contributed by atoms with Crippen molar-refractivity contribution in [1.82, 2.24) is 24.6 Å². The van der Waals surface area contributed by atoms with Gasteiger partial charge in [-0.25, -0.2) is 14.6 Å². The van der Waals surface area contributed by atoms with Crippen molar-refractivity contribution in [3.63, 3.8) is 0 Å². The molecule has 1 fully saturated rings. The van der Waals surface area contributed by atoms with Crippen LogP contribution in [0.25, 0.3) is 22.2 Å². The van der Waals surface area contributed by atoms with Gasteiger partial charge in [0.25, 0.3) is 0 Å². The van der Waals surface area contributed by atoms with Crippen LogP contribution in [0.1, 0.15) is 35.9 Å². The Bertz CT molecular complexity index is 1190. The van der Waals surface area contributed by atoms with Crippen molar-refractivity contribution in [1.29, 1.82) is 0 Å². The molecule has 0 radical (unpaired) electrons. The Morgan fingerprint density at radius 3 is 2.67 bits per heavy atom. The summed E-state index contributed by atoms with van der Waals surface area (Å²) in [6, 6.07) is 15.2. The molecule has 0 unspecified atom stereocenters. The second kappa shape index (κ2) is 7.69. The average molecular weight is 402 g/mol. The van der Waals surface area contributed by atoms with Crippen LogP contribution < -0.4 is 0 Å². The molecule has 30 heavy (non-hydrogen) atoms. The quantitative estimate of drug-likeness (QED) is 0.486. The molecule has 3 heterocycles. The van der Waals surface area contributed by atoms with Crippen LogP contribution in [0.5, 0.6) is 0 Å². The molecule has 154 valence electrons. The third kappa shape index (κ3) is 3.63. The third-order valence-electron chi connectivity index (χ3n) is 6.09. The van der Waals surface area contributed by atoms with Crippen LogP contribution in [0.15, 0.2) is 46.9 Å². The summed E-state index contributed by atoms with van der Waals surface area (Å²) >= 11 is 0. The molecule has 0 N–H and O–H groups in total. The molecule has 0 amide bonds. The number of aromatic nitrogens is 4. The standard InChI is InChI=1S/C24H27N5O/c1-16-23(15-28-12-6-9-22(28)14-29-18(3)25-17(2)27-29)26-24(30-16)21-11-10-19-7-4-5-8-20(19)13-21/h4-5,7-8,10-11,13,22H,6,9,12,14-15H2,1-3H3/t22-/m0/s1. The van der Waals surface area contributed by atoms with Crippen molar-refractivity contribution < 1.29 is 4.42 Å². The molecule has 1 aliphatic heterocycles. The summed E-state index contributed by atoms with van der Waals surface area (Å²) in [4.78, 5) is 11.8. The predicted molar refractivity (Wildman–Crippen MR) is 117 cm³/mol. The van der Waals surface area contributed by atoms with E-state index < -0.39 is 0 Å². The maximum atomic E-state index is 6.07. The van der Waals surface area contributed by atoms with Crippen LogP contribution in [-0.4, -0.2) is 37.2 Å². The highest BCUT2D eigenvalue weighted by atomic mass is 16.4. The van der Waals surface area contributed by atoms with E-state index in [0.29, 0.717) is 11.9 Å². The zero-order valence-electron chi connectivity index (χ0n) is 17.8. The minimum absolute atomic E-state index is 0.449. The van der Waals surface area contributed by atoms with Gasteiger partial charge in [0, 0.05) is 18.2 Å². The molecule has 4 aromatic rings. The lowest BCUT2D eigenvalue weighted by Crippen LogP contribution is -2.33. The van der Waals surface area contributed by atoms with Crippen molar-refractivity contribution in [3.05, 3.63) is 65.6 Å². The van der Waals surface area contributed by atoms with Gasteiger partial charge < -0.3 is 4.42 Å². The second-order valence-electron chi connectivity index (χ2n) is 8.24. The zero-order chi connectivity index (χ0) is 20.7. The topological polar surface area (TPSA) is 60.0 Å². The van der Waals surface area contributed by atoms with E-state index in [1.54, 1.807) is 0 Å². The first kappa shape index (κ1) is 19.0. The largest absolute Gasteiger partial charge is 0.441 e. The zero-order valence-corrected chi connectivity index (χ0v) is 17.8. The van der Waals surface area contributed by atoms with Gasteiger partial charge in [0.2, 0.25) is 5.89 Å². The molecule has 1 saturated heterocycles. The smallest absolute Gasteiger partial charge is 0.226 e. The van der Waals surface area contributed by atoms with Gasteiger partial charge in [-0.05, 0) is 63.1 Å². The van der Waals surface area contributed by atoms with Crippen molar-refractivity contribution >= 4 is 10.8 Å². The highest BCUT2D eigenvalue weighted by Gasteiger charge is 2.27.